The van der Waals surface area contributed by atoms with Crippen molar-refractivity contribution in [1.29, 1.82) is 0 Å². The SMILES string of the molecule is Cc1cc(C(O)CN)c(O)c(Cl)c1C. The zero-order chi connectivity index (χ0) is 10.9. The van der Waals surface area contributed by atoms with Gasteiger partial charge in [0.15, 0.2) is 0 Å². The van der Waals surface area contributed by atoms with Gasteiger partial charge in [0.05, 0.1) is 11.1 Å². The fourth-order valence-corrected chi connectivity index (χ4v) is 1.53. The number of aliphatic hydroxyl groups excluding tert-OH is 1. The Kier molecular flexibility index (Phi) is 3.37. The number of halogens is 1. The number of aromatic hydroxyl groups is 1. The smallest absolute Gasteiger partial charge is 0.140 e. The Labute approximate surface area is 88.1 Å². The number of aliphatic hydroxyl groups is 1. The molecule has 0 aliphatic carbocycles. The lowest BCUT2D eigenvalue weighted by Crippen LogP contribution is -2.12. The molecule has 0 saturated carbocycles. The molecular formula is C10H14ClNO2. The topological polar surface area (TPSA) is 66.5 Å². The quantitative estimate of drug-likeness (QED) is 0.703. The highest BCUT2D eigenvalue weighted by Gasteiger charge is 2.16. The average molecular weight is 216 g/mol. The van der Waals surface area contributed by atoms with Gasteiger partial charge >= 0.3 is 0 Å². The van der Waals surface area contributed by atoms with Crippen LogP contribution in [0.5, 0.6) is 5.75 Å². The van der Waals surface area contributed by atoms with E-state index in [9.17, 15) is 10.2 Å². The summed E-state index contributed by atoms with van der Waals surface area (Å²) in [4.78, 5) is 0. The molecule has 0 radical (unpaired) electrons. The molecule has 0 heterocycles. The van der Waals surface area contributed by atoms with Crippen LogP contribution in [0.1, 0.15) is 22.8 Å². The van der Waals surface area contributed by atoms with E-state index in [0.29, 0.717) is 5.56 Å². The summed E-state index contributed by atoms with van der Waals surface area (Å²) >= 11 is 5.89. The lowest BCUT2D eigenvalue weighted by atomic mass is 10.0. The standard InChI is InChI=1S/C10H14ClNO2/c1-5-3-7(8(13)4-12)10(14)9(11)6(5)2/h3,8,13-14H,4,12H2,1-2H3. The van der Waals surface area contributed by atoms with Crippen molar-refractivity contribution in [3.63, 3.8) is 0 Å². The van der Waals surface area contributed by atoms with Crippen LogP contribution in [0.2, 0.25) is 5.02 Å². The van der Waals surface area contributed by atoms with Crippen molar-refractivity contribution in [2.45, 2.75) is 20.0 Å². The van der Waals surface area contributed by atoms with Gasteiger partial charge in [0.2, 0.25) is 0 Å². The van der Waals surface area contributed by atoms with Crippen molar-refractivity contribution in [3.8, 4) is 5.75 Å². The van der Waals surface area contributed by atoms with E-state index in [4.69, 9.17) is 17.3 Å². The summed E-state index contributed by atoms with van der Waals surface area (Å²) in [5.41, 5.74) is 7.44. The highest BCUT2D eigenvalue weighted by molar-refractivity contribution is 6.33. The van der Waals surface area contributed by atoms with Crippen LogP contribution < -0.4 is 5.73 Å². The third-order valence-corrected chi connectivity index (χ3v) is 2.82. The molecule has 0 bridgehead atoms. The van der Waals surface area contributed by atoms with Gasteiger partial charge in [-0.3, -0.25) is 0 Å². The van der Waals surface area contributed by atoms with Crippen LogP contribution in [0.3, 0.4) is 0 Å². The molecule has 1 rings (SSSR count). The Morgan fingerprint density at radius 3 is 2.57 bits per heavy atom. The van der Waals surface area contributed by atoms with Gasteiger partial charge in [0, 0.05) is 12.1 Å². The van der Waals surface area contributed by atoms with Gasteiger partial charge in [0.25, 0.3) is 0 Å². The molecule has 4 heteroatoms. The van der Waals surface area contributed by atoms with E-state index in [1.165, 1.54) is 0 Å². The number of phenols is 1. The highest BCUT2D eigenvalue weighted by Crippen LogP contribution is 2.35. The van der Waals surface area contributed by atoms with E-state index in [0.717, 1.165) is 11.1 Å². The monoisotopic (exact) mass is 215 g/mol. The predicted octanol–water partition coefficient (Wildman–Crippen LogP) is 1.65. The number of hydrogen-bond donors (Lipinski definition) is 3. The van der Waals surface area contributed by atoms with E-state index in [-0.39, 0.29) is 17.3 Å². The Morgan fingerprint density at radius 1 is 1.50 bits per heavy atom. The number of nitrogens with two attached hydrogens (primary N) is 1. The number of benzene rings is 1. The fraction of sp³-hybridized carbons (Fsp3) is 0.400. The summed E-state index contributed by atoms with van der Waals surface area (Å²) in [6, 6.07) is 1.70. The third kappa shape index (κ3) is 1.85. The third-order valence-electron chi connectivity index (χ3n) is 2.36. The predicted molar refractivity (Wildman–Crippen MR) is 56.6 cm³/mol. The number of phenolic OH excluding ortho intramolecular Hbond substituents is 1. The molecule has 0 aromatic heterocycles. The summed E-state index contributed by atoms with van der Waals surface area (Å²) in [6.07, 6.45) is -0.869. The van der Waals surface area contributed by atoms with Crippen LogP contribution in [0.15, 0.2) is 6.07 Å². The maximum Gasteiger partial charge on any atom is 0.140 e. The lowest BCUT2D eigenvalue weighted by Gasteiger charge is -2.14. The van der Waals surface area contributed by atoms with Crippen LogP contribution in [0.4, 0.5) is 0 Å². The van der Waals surface area contributed by atoms with Crippen molar-refractivity contribution < 1.29 is 10.2 Å². The first-order chi connectivity index (χ1) is 6.49. The molecule has 0 amide bonds. The van der Waals surface area contributed by atoms with Crippen molar-refractivity contribution in [2.75, 3.05) is 6.54 Å². The van der Waals surface area contributed by atoms with E-state index >= 15 is 0 Å². The summed E-state index contributed by atoms with van der Waals surface area (Å²) < 4.78 is 0. The Morgan fingerprint density at radius 2 is 2.07 bits per heavy atom. The summed E-state index contributed by atoms with van der Waals surface area (Å²) in [6.45, 7) is 3.75. The van der Waals surface area contributed by atoms with E-state index < -0.39 is 6.10 Å². The lowest BCUT2D eigenvalue weighted by molar-refractivity contribution is 0.182. The number of hydrogen-bond acceptors (Lipinski definition) is 3. The summed E-state index contributed by atoms with van der Waals surface area (Å²) in [5.74, 6) is -0.0762. The zero-order valence-electron chi connectivity index (χ0n) is 8.21. The second-order valence-electron chi connectivity index (χ2n) is 3.32. The molecule has 0 aliphatic rings. The molecule has 0 saturated heterocycles. The van der Waals surface area contributed by atoms with Crippen molar-refractivity contribution >= 4 is 11.6 Å². The van der Waals surface area contributed by atoms with Gasteiger partial charge in [-0.15, -0.1) is 0 Å². The summed E-state index contributed by atoms with van der Waals surface area (Å²) in [5, 5.41) is 19.4. The van der Waals surface area contributed by atoms with Crippen LogP contribution >= 0.6 is 11.6 Å². The molecule has 1 atom stereocenters. The number of aryl methyl sites for hydroxylation is 1. The zero-order valence-corrected chi connectivity index (χ0v) is 8.97. The molecule has 0 spiro atoms. The van der Waals surface area contributed by atoms with Crippen molar-refractivity contribution in [2.24, 2.45) is 5.73 Å². The van der Waals surface area contributed by atoms with Crippen LogP contribution in [-0.2, 0) is 0 Å². The largest absolute Gasteiger partial charge is 0.506 e. The van der Waals surface area contributed by atoms with Crippen molar-refractivity contribution in [3.05, 3.63) is 27.8 Å². The maximum absolute atomic E-state index is 9.66. The van der Waals surface area contributed by atoms with Crippen LogP contribution in [-0.4, -0.2) is 16.8 Å². The molecule has 1 aromatic rings. The van der Waals surface area contributed by atoms with Gasteiger partial charge in [0.1, 0.15) is 5.75 Å². The molecular weight excluding hydrogens is 202 g/mol. The maximum atomic E-state index is 9.66. The van der Waals surface area contributed by atoms with Crippen LogP contribution in [0, 0.1) is 13.8 Å². The second-order valence-corrected chi connectivity index (χ2v) is 3.70. The Hall–Kier alpha value is -0.770. The first-order valence-corrected chi connectivity index (χ1v) is 4.73. The Bertz CT molecular complexity index is 352. The van der Waals surface area contributed by atoms with E-state index in [1.807, 2.05) is 13.8 Å². The minimum Gasteiger partial charge on any atom is -0.506 e. The molecule has 1 aromatic carbocycles. The van der Waals surface area contributed by atoms with Gasteiger partial charge in [-0.1, -0.05) is 11.6 Å². The molecule has 1 unspecified atom stereocenters. The molecule has 78 valence electrons. The molecule has 4 N–H and O–H groups in total. The number of rotatable bonds is 2. The van der Waals surface area contributed by atoms with Crippen LogP contribution in [0.25, 0.3) is 0 Å². The second kappa shape index (κ2) is 4.17. The van der Waals surface area contributed by atoms with Gasteiger partial charge < -0.3 is 15.9 Å². The van der Waals surface area contributed by atoms with Crippen molar-refractivity contribution in [1.82, 2.24) is 0 Å². The average Bonchev–Trinajstić information content (AvgIpc) is 2.19. The normalized spacial score (nSPS) is 12.9. The van der Waals surface area contributed by atoms with Gasteiger partial charge in [-0.25, -0.2) is 0 Å². The molecule has 3 nitrogen and oxygen atoms in total. The minimum absolute atomic E-state index is 0.0619. The minimum atomic E-state index is -0.869. The fourth-order valence-electron chi connectivity index (χ4n) is 1.27. The van der Waals surface area contributed by atoms with Gasteiger partial charge in [-0.05, 0) is 31.0 Å². The Balaban J connectivity index is 3.33. The molecule has 0 aliphatic heterocycles. The first-order valence-electron chi connectivity index (χ1n) is 4.35. The molecule has 14 heavy (non-hydrogen) atoms. The summed E-state index contributed by atoms with van der Waals surface area (Å²) in [7, 11) is 0. The first kappa shape index (κ1) is 11.3. The highest BCUT2D eigenvalue weighted by atomic mass is 35.5. The van der Waals surface area contributed by atoms with E-state index in [1.54, 1.807) is 6.07 Å². The van der Waals surface area contributed by atoms with E-state index in [2.05, 4.69) is 0 Å². The molecule has 0 fully saturated rings. The van der Waals surface area contributed by atoms with Gasteiger partial charge in [-0.2, -0.15) is 0 Å².